The zero-order valence-corrected chi connectivity index (χ0v) is 9.58. The second-order valence-electron chi connectivity index (χ2n) is 3.81. The van der Waals surface area contributed by atoms with Gasteiger partial charge in [0.1, 0.15) is 5.69 Å². The normalized spacial score (nSPS) is 11.8. The van der Waals surface area contributed by atoms with Crippen molar-refractivity contribution >= 4 is 5.88 Å². The van der Waals surface area contributed by atoms with E-state index >= 15 is 0 Å². The summed E-state index contributed by atoms with van der Waals surface area (Å²) in [6.45, 7) is 1.83. The molecule has 0 fully saturated rings. The lowest BCUT2D eigenvalue weighted by Gasteiger charge is -2.07. The maximum absolute atomic E-state index is 12.6. The predicted octanol–water partition coefficient (Wildman–Crippen LogP) is 3.51. The van der Waals surface area contributed by atoms with Crippen LogP contribution in [-0.2, 0) is 12.6 Å². The molecule has 2 aromatic rings. The average molecular weight is 256 g/mol. The fourth-order valence-electron chi connectivity index (χ4n) is 1.73. The van der Waals surface area contributed by atoms with Crippen LogP contribution < -0.4 is 5.73 Å². The maximum atomic E-state index is 12.6. The van der Waals surface area contributed by atoms with Crippen LogP contribution in [0.5, 0.6) is 0 Å². The molecule has 1 aromatic carbocycles. The van der Waals surface area contributed by atoms with E-state index in [4.69, 9.17) is 10.3 Å². The van der Waals surface area contributed by atoms with E-state index in [0.29, 0.717) is 23.2 Å². The van der Waals surface area contributed by atoms with Gasteiger partial charge in [0, 0.05) is 11.1 Å². The largest absolute Gasteiger partial charge is 0.416 e. The van der Waals surface area contributed by atoms with Gasteiger partial charge < -0.3 is 10.3 Å². The molecule has 0 aliphatic heterocycles. The topological polar surface area (TPSA) is 52.0 Å². The molecule has 0 unspecified atom stereocenters. The number of nitrogens with two attached hydrogens (primary N) is 1. The number of hydrogen-bond donors (Lipinski definition) is 1. The molecule has 96 valence electrons. The molecule has 0 aliphatic rings. The van der Waals surface area contributed by atoms with Gasteiger partial charge in [0.15, 0.2) is 0 Å². The molecule has 6 heteroatoms. The van der Waals surface area contributed by atoms with Gasteiger partial charge in [-0.3, -0.25) is 0 Å². The summed E-state index contributed by atoms with van der Waals surface area (Å²) in [6.07, 6.45) is -3.83. The van der Waals surface area contributed by atoms with Crippen molar-refractivity contribution in [1.29, 1.82) is 0 Å². The average Bonchev–Trinajstić information content (AvgIpc) is 2.69. The number of hydrogen-bond acceptors (Lipinski definition) is 3. The van der Waals surface area contributed by atoms with Gasteiger partial charge in [-0.15, -0.1) is 0 Å². The minimum atomic E-state index is -4.38. The summed E-state index contributed by atoms with van der Waals surface area (Å²) >= 11 is 0. The third-order valence-electron chi connectivity index (χ3n) is 2.64. The molecule has 3 nitrogen and oxygen atoms in total. The van der Waals surface area contributed by atoms with Crippen molar-refractivity contribution in [1.82, 2.24) is 5.16 Å². The summed E-state index contributed by atoms with van der Waals surface area (Å²) in [5, 5.41) is 3.71. The second-order valence-corrected chi connectivity index (χ2v) is 3.81. The summed E-state index contributed by atoms with van der Waals surface area (Å²) in [6, 6.07) is 4.93. The Kier molecular flexibility index (Phi) is 3.02. The summed E-state index contributed by atoms with van der Waals surface area (Å²) in [7, 11) is 0. The first kappa shape index (κ1) is 12.5. The van der Waals surface area contributed by atoms with E-state index in [9.17, 15) is 13.2 Å². The Morgan fingerprint density at radius 2 is 2.06 bits per heavy atom. The number of anilines is 1. The lowest BCUT2D eigenvalue weighted by Crippen LogP contribution is -2.04. The van der Waals surface area contributed by atoms with E-state index in [-0.39, 0.29) is 5.88 Å². The molecule has 0 saturated heterocycles. The van der Waals surface area contributed by atoms with Crippen molar-refractivity contribution < 1.29 is 17.7 Å². The van der Waals surface area contributed by atoms with Crippen molar-refractivity contribution in [3.8, 4) is 11.3 Å². The highest BCUT2D eigenvalue weighted by molar-refractivity contribution is 5.67. The van der Waals surface area contributed by atoms with E-state index < -0.39 is 11.7 Å². The molecule has 0 radical (unpaired) electrons. The van der Waals surface area contributed by atoms with Crippen LogP contribution in [0, 0.1) is 0 Å². The first-order valence-electron chi connectivity index (χ1n) is 5.35. The molecule has 0 bridgehead atoms. The number of benzene rings is 1. The zero-order chi connectivity index (χ0) is 13.3. The minimum Gasteiger partial charge on any atom is -0.367 e. The molecule has 0 saturated carbocycles. The third kappa shape index (κ3) is 2.18. The smallest absolute Gasteiger partial charge is 0.367 e. The molecule has 18 heavy (non-hydrogen) atoms. The Morgan fingerprint density at radius 3 is 2.67 bits per heavy atom. The molecule has 1 heterocycles. The molecule has 0 aliphatic carbocycles. The first-order valence-corrected chi connectivity index (χ1v) is 5.35. The van der Waals surface area contributed by atoms with Gasteiger partial charge in [0.05, 0.1) is 5.56 Å². The van der Waals surface area contributed by atoms with Gasteiger partial charge in [0.25, 0.3) is 0 Å². The highest BCUT2D eigenvalue weighted by atomic mass is 19.4. The van der Waals surface area contributed by atoms with E-state index in [1.54, 1.807) is 6.07 Å². The SMILES string of the molecule is CCc1c(-c2cccc(C(F)(F)F)c2)noc1N. The monoisotopic (exact) mass is 256 g/mol. The first-order chi connectivity index (χ1) is 8.43. The number of alkyl halides is 3. The Hall–Kier alpha value is -1.98. The highest BCUT2D eigenvalue weighted by Crippen LogP contribution is 2.33. The fraction of sp³-hybridized carbons (Fsp3) is 0.250. The Bertz CT molecular complexity index is 561. The van der Waals surface area contributed by atoms with Crippen molar-refractivity contribution in [2.75, 3.05) is 5.73 Å². The number of halogens is 3. The van der Waals surface area contributed by atoms with E-state index in [2.05, 4.69) is 5.16 Å². The van der Waals surface area contributed by atoms with E-state index in [0.717, 1.165) is 12.1 Å². The van der Waals surface area contributed by atoms with Gasteiger partial charge in [-0.1, -0.05) is 24.2 Å². The van der Waals surface area contributed by atoms with Crippen LogP contribution in [0.25, 0.3) is 11.3 Å². The van der Waals surface area contributed by atoms with Gasteiger partial charge in [-0.05, 0) is 18.6 Å². The second kappa shape index (κ2) is 4.36. The van der Waals surface area contributed by atoms with Crippen molar-refractivity contribution in [2.45, 2.75) is 19.5 Å². The number of nitrogen functional groups attached to an aromatic ring is 1. The summed E-state index contributed by atoms with van der Waals surface area (Å²) in [5.74, 6) is 0.143. The molecule has 0 spiro atoms. The van der Waals surface area contributed by atoms with Crippen LogP contribution in [0.4, 0.5) is 19.1 Å². The molecular weight excluding hydrogens is 245 g/mol. The molecule has 2 N–H and O–H groups in total. The van der Waals surface area contributed by atoms with Gasteiger partial charge in [-0.25, -0.2) is 0 Å². The van der Waals surface area contributed by atoms with Crippen molar-refractivity contribution in [3.63, 3.8) is 0 Å². The van der Waals surface area contributed by atoms with Crippen LogP contribution in [0.2, 0.25) is 0 Å². The van der Waals surface area contributed by atoms with Crippen LogP contribution in [0.1, 0.15) is 18.1 Å². The maximum Gasteiger partial charge on any atom is 0.416 e. The third-order valence-corrected chi connectivity index (χ3v) is 2.64. The van der Waals surface area contributed by atoms with E-state index in [1.807, 2.05) is 6.92 Å². The van der Waals surface area contributed by atoms with E-state index in [1.165, 1.54) is 6.07 Å². The lowest BCUT2D eigenvalue weighted by molar-refractivity contribution is -0.137. The quantitative estimate of drug-likeness (QED) is 0.894. The van der Waals surface area contributed by atoms with Crippen LogP contribution >= 0.6 is 0 Å². The van der Waals surface area contributed by atoms with Gasteiger partial charge >= 0.3 is 6.18 Å². The summed E-state index contributed by atoms with van der Waals surface area (Å²) < 4.78 is 42.6. The summed E-state index contributed by atoms with van der Waals surface area (Å²) in [4.78, 5) is 0. The fourth-order valence-corrected chi connectivity index (χ4v) is 1.73. The van der Waals surface area contributed by atoms with Crippen molar-refractivity contribution in [2.24, 2.45) is 0 Å². The minimum absolute atomic E-state index is 0.143. The molecular formula is C12H11F3N2O. The number of rotatable bonds is 2. The highest BCUT2D eigenvalue weighted by Gasteiger charge is 2.30. The zero-order valence-electron chi connectivity index (χ0n) is 9.58. The van der Waals surface area contributed by atoms with Gasteiger partial charge in [-0.2, -0.15) is 13.2 Å². The Balaban J connectivity index is 2.51. The summed E-state index contributed by atoms with van der Waals surface area (Å²) in [5.41, 5.74) is 6.17. The molecule has 0 amide bonds. The molecule has 2 rings (SSSR count). The van der Waals surface area contributed by atoms with Gasteiger partial charge in [0.2, 0.25) is 5.88 Å². The van der Waals surface area contributed by atoms with Crippen molar-refractivity contribution in [3.05, 3.63) is 35.4 Å². The Morgan fingerprint density at radius 1 is 1.33 bits per heavy atom. The van der Waals surface area contributed by atoms with Crippen LogP contribution in [0.15, 0.2) is 28.8 Å². The van der Waals surface area contributed by atoms with Crippen LogP contribution in [-0.4, -0.2) is 5.16 Å². The number of nitrogens with zero attached hydrogens (tertiary/aromatic N) is 1. The van der Waals surface area contributed by atoms with Crippen LogP contribution in [0.3, 0.4) is 0 Å². The predicted molar refractivity (Wildman–Crippen MR) is 60.7 cm³/mol. The number of aromatic nitrogens is 1. The molecule has 0 atom stereocenters. The Labute approximate surface area is 101 Å². The lowest BCUT2D eigenvalue weighted by atomic mass is 10.0. The molecule has 1 aromatic heterocycles. The standard InChI is InChI=1S/C12H11F3N2O/c1-2-9-10(17-18-11(9)16)7-4-3-5-8(6-7)12(13,14)15/h3-6H,2,16H2,1H3.